The molecule has 114 valence electrons. The molecule has 0 aromatic heterocycles. The molecule has 3 heteroatoms. The lowest BCUT2D eigenvalue weighted by atomic mass is 10.1. The molecule has 0 N–H and O–H groups in total. The molecule has 22 heavy (non-hydrogen) atoms. The van der Waals surface area contributed by atoms with E-state index in [1.165, 1.54) is 0 Å². The van der Waals surface area contributed by atoms with E-state index < -0.39 is 0 Å². The van der Waals surface area contributed by atoms with Gasteiger partial charge in [-0.2, -0.15) is 0 Å². The largest absolute Gasteiger partial charge is 0.415 e. The molecule has 3 nitrogen and oxygen atoms in total. The Morgan fingerprint density at radius 3 is 2.05 bits per heavy atom. The van der Waals surface area contributed by atoms with Crippen LogP contribution < -0.4 is 0 Å². The van der Waals surface area contributed by atoms with Crippen molar-refractivity contribution in [3.8, 4) is 0 Å². The van der Waals surface area contributed by atoms with Gasteiger partial charge in [0.05, 0.1) is 0 Å². The van der Waals surface area contributed by atoms with Crippen molar-refractivity contribution in [1.29, 1.82) is 0 Å². The molecule has 0 heterocycles. The second-order valence-electron chi connectivity index (χ2n) is 4.83. The normalized spacial score (nSPS) is 11.1. The Balaban J connectivity index is 2.31. The molecule has 1 amide bonds. The molecule has 0 saturated heterocycles. The monoisotopic (exact) mass is 295 g/mol. The number of ether oxygens (including phenoxy) is 1. The highest BCUT2D eigenvalue weighted by Gasteiger charge is 2.14. The Kier molecular flexibility index (Phi) is 5.78. The minimum atomic E-state index is -0.323. The van der Waals surface area contributed by atoms with E-state index in [0.29, 0.717) is 18.8 Å². The number of benzene rings is 2. The summed E-state index contributed by atoms with van der Waals surface area (Å²) in [5.74, 6) is 0.559. The number of amides is 1. The molecule has 0 atom stereocenters. The van der Waals surface area contributed by atoms with Gasteiger partial charge >= 0.3 is 6.09 Å². The lowest BCUT2D eigenvalue weighted by molar-refractivity contribution is 0.148. The molecule has 2 rings (SSSR count). The number of hydrogen-bond acceptors (Lipinski definition) is 2. The Labute approximate surface area is 131 Å². The standard InChI is InChI=1S/C19H21NO2/c1-3-20(4-2)19(21)22-18(17-13-9-6-10-14-17)15-16-11-7-5-8-12-16/h5-15H,3-4H2,1-2H3/b18-15-. The third-order valence-corrected chi connectivity index (χ3v) is 3.37. The number of nitrogens with zero attached hydrogens (tertiary/aromatic N) is 1. The van der Waals surface area contributed by atoms with E-state index in [0.717, 1.165) is 11.1 Å². The molecule has 2 aromatic carbocycles. The molecule has 0 spiro atoms. The predicted octanol–water partition coefficient (Wildman–Crippen LogP) is 4.66. The number of hydrogen-bond donors (Lipinski definition) is 0. The van der Waals surface area contributed by atoms with Crippen molar-refractivity contribution >= 4 is 17.9 Å². The second kappa shape index (κ2) is 8.03. The Bertz CT molecular complexity index is 616. The van der Waals surface area contributed by atoms with Gasteiger partial charge in [-0.3, -0.25) is 0 Å². The van der Waals surface area contributed by atoms with Gasteiger partial charge in [-0.1, -0.05) is 60.7 Å². The summed E-state index contributed by atoms with van der Waals surface area (Å²) in [7, 11) is 0. The summed E-state index contributed by atoms with van der Waals surface area (Å²) in [4.78, 5) is 13.9. The van der Waals surface area contributed by atoms with Crippen molar-refractivity contribution in [1.82, 2.24) is 4.90 Å². The van der Waals surface area contributed by atoms with Crippen LogP contribution in [0, 0.1) is 0 Å². The zero-order valence-corrected chi connectivity index (χ0v) is 13.0. The van der Waals surface area contributed by atoms with E-state index >= 15 is 0 Å². The highest BCUT2D eigenvalue weighted by atomic mass is 16.6. The van der Waals surface area contributed by atoms with Crippen LogP contribution in [-0.2, 0) is 4.74 Å². The molecule has 0 unspecified atom stereocenters. The average molecular weight is 295 g/mol. The third kappa shape index (κ3) is 4.22. The van der Waals surface area contributed by atoms with Gasteiger partial charge in [0, 0.05) is 18.7 Å². The van der Waals surface area contributed by atoms with Crippen molar-refractivity contribution in [3.05, 3.63) is 71.8 Å². The quantitative estimate of drug-likeness (QED) is 0.593. The molecular weight excluding hydrogens is 274 g/mol. The zero-order chi connectivity index (χ0) is 15.8. The lowest BCUT2D eigenvalue weighted by Gasteiger charge is -2.19. The van der Waals surface area contributed by atoms with Crippen LogP contribution in [-0.4, -0.2) is 24.1 Å². The fourth-order valence-corrected chi connectivity index (χ4v) is 2.12. The summed E-state index contributed by atoms with van der Waals surface area (Å²) in [6.07, 6.45) is 1.56. The van der Waals surface area contributed by atoms with Crippen LogP contribution in [0.25, 0.3) is 11.8 Å². The molecule has 0 fully saturated rings. The molecule has 0 bridgehead atoms. The van der Waals surface area contributed by atoms with Gasteiger partial charge in [-0.05, 0) is 25.5 Å². The number of carbonyl (C=O) groups is 1. The fourth-order valence-electron chi connectivity index (χ4n) is 2.12. The molecular formula is C19H21NO2. The Hall–Kier alpha value is -2.55. The second-order valence-corrected chi connectivity index (χ2v) is 4.83. The van der Waals surface area contributed by atoms with Crippen LogP contribution >= 0.6 is 0 Å². The van der Waals surface area contributed by atoms with Crippen molar-refractivity contribution in [2.75, 3.05) is 13.1 Å². The van der Waals surface area contributed by atoms with Gasteiger partial charge in [-0.25, -0.2) is 4.79 Å². The first kappa shape index (κ1) is 15.8. The summed E-state index contributed by atoms with van der Waals surface area (Å²) < 4.78 is 5.63. The first-order valence-corrected chi connectivity index (χ1v) is 7.53. The first-order valence-electron chi connectivity index (χ1n) is 7.53. The zero-order valence-electron chi connectivity index (χ0n) is 13.0. The minimum absolute atomic E-state index is 0.323. The van der Waals surface area contributed by atoms with Gasteiger partial charge in [0.1, 0.15) is 5.76 Å². The maximum atomic E-state index is 12.2. The molecule has 0 aliphatic heterocycles. The summed E-state index contributed by atoms with van der Waals surface area (Å²) in [6.45, 7) is 5.13. The van der Waals surface area contributed by atoms with Crippen molar-refractivity contribution in [2.45, 2.75) is 13.8 Å². The van der Waals surface area contributed by atoms with Crippen LogP contribution in [0.15, 0.2) is 60.7 Å². The van der Waals surface area contributed by atoms with E-state index in [2.05, 4.69) is 0 Å². The van der Waals surface area contributed by atoms with Gasteiger partial charge in [0.2, 0.25) is 0 Å². The van der Waals surface area contributed by atoms with Crippen LogP contribution in [0.5, 0.6) is 0 Å². The molecule has 2 aromatic rings. The molecule has 0 aliphatic carbocycles. The van der Waals surface area contributed by atoms with Gasteiger partial charge < -0.3 is 9.64 Å². The Morgan fingerprint density at radius 2 is 1.50 bits per heavy atom. The van der Waals surface area contributed by atoms with E-state index in [9.17, 15) is 4.79 Å². The predicted molar refractivity (Wildman–Crippen MR) is 90.2 cm³/mol. The summed E-state index contributed by atoms with van der Waals surface area (Å²) in [6, 6.07) is 19.5. The van der Waals surface area contributed by atoms with E-state index in [1.54, 1.807) is 4.90 Å². The van der Waals surface area contributed by atoms with Crippen molar-refractivity contribution in [3.63, 3.8) is 0 Å². The number of carbonyl (C=O) groups excluding carboxylic acids is 1. The topological polar surface area (TPSA) is 29.5 Å². The Morgan fingerprint density at radius 1 is 0.955 bits per heavy atom. The first-order chi connectivity index (χ1) is 10.7. The minimum Gasteiger partial charge on any atom is -0.410 e. The van der Waals surface area contributed by atoms with Crippen LogP contribution in [0.1, 0.15) is 25.0 Å². The number of rotatable bonds is 5. The van der Waals surface area contributed by atoms with Gasteiger partial charge in [0.25, 0.3) is 0 Å². The smallest absolute Gasteiger partial charge is 0.410 e. The van der Waals surface area contributed by atoms with Gasteiger partial charge in [0.15, 0.2) is 0 Å². The molecule has 0 saturated carbocycles. The van der Waals surface area contributed by atoms with Crippen LogP contribution in [0.4, 0.5) is 4.79 Å². The fraction of sp³-hybridized carbons (Fsp3) is 0.211. The van der Waals surface area contributed by atoms with E-state index in [-0.39, 0.29) is 6.09 Å². The van der Waals surface area contributed by atoms with Crippen LogP contribution in [0.3, 0.4) is 0 Å². The third-order valence-electron chi connectivity index (χ3n) is 3.37. The van der Waals surface area contributed by atoms with Crippen molar-refractivity contribution in [2.24, 2.45) is 0 Å². The highest BCUT2D eigenvalue weighted by molar-refractivity contribution is 5.84. The van der Waals surface area contributed by atoms with E-state index in [1.807, 2.05) is 80.6 Å². The maximum absolute atomic E-state index is 12.2. The maximum Gasteiger partial charge on any atom is 0.415 e. The van der Waals surface area contributed by atoms with Crippen LogP contribution in [0.2, 0.25) is 0 Å². The van der Waals surface area contributed by atoms with E-state index in [4.69, 9.17) is 4.74 Å². The summed E-state index contributed by atoms with van der Waals surface area (Å²) >= 11 is 0. The summed E-state index contributed by atoms with van der Waals surface area (Å²) in [5, 5.41) is 0. The average Bonchev–Trinajstić information content (AvgIpc) is 2.57. The SMILES string of the molecule is CCN(CC)C(=O)O/C(=C\c1ccccc1)c1ccccc1. The molecule has 0 aliphatic rings. The summed E-state index contributed by atoms with van der Waals surface area (Å²) in [5.41, 5.74) is 1.88. The highest BCUT2D eigenvalue weighted by Crippen LogP contribution is 2.20. The van der Waals surface area contributed by atoms with Crippen molar-refractivity contribution < 1.29 is 9.53 Å². The van der Waals surface area contributed by atoms with Gasteiger partial charge in [-0.15, -0.1) is 0 Å². The lowest BCUT2D eigenvalue weighted by Crippen LogP contribution is -2.30. The molecule has 0 radical (unpaired) electrons.